The van der Waals surface area contributed by atoms with Gasteiger partial charge in [0.15, 0.2) is 0 Å². The number of aromatic amines is 1. The molecule has 2 rings (SSSR count). The molecule has 1 aromatic heterocycles. The first-order chi connectivity index (χ1) is 8.41. The van der Waals surface area contributed by atoms with Gasteiger partial charge in [0.25, 0.3) is 5.56 Å². The molecule has 0 saturated heterocycles. The van der Waals surface area contributed by atoms with Gasteiger partial charge in [0, 0.05) is 13.1 Å². The van der Waals surface area contributed by atoms with E-state index in [1.165, 1.54) is 4.57 Å². The van der Waals surface area contributed by atoms with Crippen LogP contribution in [-0.4, -0.2) is 15.6 Å². The number of nitrogens with zero attached hydrogens (tertiary/aromatic N) is 1. The van der Waals surface area contributed by atoms with Crippen LogP contribution in [0, 0.1) is 11.8 Å². The second-order valence-corrected chi connectivity index (χ2v) is 5.24. The molecule has 0 aromatic carbocycles. The lowest BCUT2D eigenvalue weighted by Gasteiger charge is -2.21. The average Bonchev–Trinajstić information content (AvgIpc) is 2.63. The summed E-state index contributed by atoms with van der Waals surface area (Å²) in [5.41, 5.74) is 5.20. The molecule has 0 amide bonds. The van der Waals surface area contributed by atoms with Crippen LogP contribution >= 0.6 is 0 Å². The van der Waals surface area contributed by atoms with E-state index >= 15 is 0 Å². The topological polar surface area (TPSA) is 92.9 Å². The number of nitrogens with one attached hydrogen (secondary N) is 2. The maximum atomic E-state index is 11.8. The van der Waals surface area contributed by atoms with E-state index in [4.69, 9.17) is 5.73 Å². The van der Waals surface area contributed by atoms with Gasteiger partial charge in [0.05, 0.1) is 0 Å². The molecule has 1 aliphatic rings. The van der Waals surface area contributed by atoms with Crippen LogP contribution in [0.4, 0.5) is 11.5 Å². The van der Waals surface area contributed by atoms with Gasteiger partial charge < -0.3 is 11.1 Å². The van der Waals surface area contributed by atoms with Gasteiger partial charge in [-0.15, -0.1) is 0 Å². The van der Waals surface area contributed by atoms with E-state index in [0.29, 0.717) is 17.5 Å². The maximum Gasteiger partial charge on any atom is 0.329 e. The minimum atomic E-state index is -0.490. The summed E-state index contributed by atoms with van der Waals surface area (Å²) in [5.74, 6) is 1.31. The Labute approximate surface area is 105 Å². The lowest BCUT2D eigenvalue weighted by atomic mass is 9.98. The van der Waals surface area contributed by atoms with E-state index in [0.717, 1.165) is 12.8 Å². The van der Waals surface area contributed by atoms with E-state index in [1.54, 1.807) is 7.05 Å². The first-order valence-electron chi connectivity index (χ1n) is 6.27. The molecule has 1 aromatic rings. The molecule has 0 radical (unpaired) electrons. The fourth-order valence-electron chi connectivity index (χ4n) is 2.53. The summed E-state index contributed by atoms with van der Waals surface area (Å²) in [7, 11) is 1.54. The number of nitrogens with two attached hydrogens (primary N) is 1. The number of aromatic nitrogens is 2. The Hall–Kier alpha value is -1.72. The summed E-state index contributed by atoms with van der Waals surface area (Å²) in [4.78, 5) is 25.4. The summed E-state index contributed by atoms with van der Waals surface area (Å²) in [6, 6.07) is 0.237. The monoisotopic (exact) mass is 252 g/mol. The summed E-state index contributed by atoms with van der Waals surface area (Å²) in [6.07, 6.45) is 2.16. The molecule has 3 atom stereocenters. The summed E-state index contributed by atoms with van der Waals surface area (Å²) < 4.78 is 1.24. The largest absolute Gasteiger partial charge is 0.383 e. The van der Waals surface area contributed by atoms with Crippen molar-refractivity contribution in [2.75, 3.05) is 11.1 Å². The molecule has 3 unspecified atom stereocenters. The van der Waals surface area contributed by atoms with Crippen molar-refractivity contribution in [2.24, 2.45) is 18.9 Å². The third-order valence-electron chi connectivity index (χ3n) is 4.16. The van der Waals surface area contributed by atoms with E-state index in [9.17, 15) is 9.59 Å². The third kappa shape index (κ3) is 2.02. The highest BCUT2D eigenvalue weighted by Gasteiger charge is 2.30. The predicted molar refractivity (Wildman–Crippen MR) is 71.7 cm³/mol. The highest BCUT2D eigenvalue weighted by atomic mass is 16.2. The van der Waals surface area contributed by atoms with Crippen molar-refractivity contribution in [2.45, 2.75) is 32.7 Å². The second kappa shape index (κ2) is 4.51. The number of rotatable bonds is 2. The van der Waals surface area contributed by atoms with Crippen LogP contribution < -0.4 is 22.3 Å². The zero-order chi connectivity index (χ0) is 13.4. The molecular formula is C12H20N4O2. The van der Waals surface area contributed by atoms with Gasteiger partial charge in [-0.05, 0) is 24.7 Å². The van der Waals surface area contributed by atoms with Gasteiger partial charge in [-0.3, -0.25) is 14.3 Å². The number of hydrogen-bond donors (Lipinski definition) is 3. The quantitative estimate of drug-likeness (QED) is 0.714. The van der Waals surface area contributed by atoms with Gasteiger partial charge in [0.2, 0.25) is 0 Å². The molecule has 100 valence electrons. The highest BCUT2D eigenvalue weighted by molar-refractivity contribution is 5.60. The first-order valence-corrected chi connectivity index (χ1v) is 6.27. The molecule has 1 saturated carbocycles. The van der Waals surface area contributed by atoms with Crippen LogP contribution in [0.1, 0.15) is 26.7 Å². The molecule has 4 N–H and O–H groups in total. The van der Waals surface area contributed by atoms with Gasteiger partial charge in [0.1, 0.15) is 11.5 Å². The summed E-state index contributed by atoms with van der Waals surface area (Å²) >= 11 is 0. The van der Waals surface area contributed by atoms with Crippen LogP contribution in [0.15, 0.2) is 9.59 Å². The Morgan fingerprint density at radius 2 is 2.00 bits per heavy atom. The van der Waals surface area contributed by atoms with Crippen molar-refractivity contribution >= 4 is 11.5 Å². The third-order valence-corrected chi connectivity index (χ3v) is 4.16. The Bertz CT molecular complexity index is 560. The van der Waals surface area contributed by atoms with Crippen molar-refractivity contribution in [1.29, 1.82) is 0 Å². The van der Waals surface area contributed by atoms with Gasteiger partial charge in [-0.25, -0.2) is 4.79 Å². The average molecular weight is 252 g/mol. The van der Waals surface area contributed by atoms with E-state index in [-0.39, 0.29) is 11.9 Å². The fraction of sp³-hybridized carbons (Fsp3) is 0.667. The van der Waals surface area contributed by atoms with Crippen LogP contribution in [-0.2, 0) is 7.05 Å². The SMILES string of the molecule is CC1CCC(Nc2c(N)n(C)c(=O)[nH]c2=O)C1C. The van der Waals surface area contributed by atoms with Crippen molar-refractivity contribution in [3.8, 4) is 0 Å². The maximum absolute atomic E-state index is 11.8. The van der Waals surface area contributed by atoms with Crippen LogP contribution in [0.3, 0.4) is 0 Å². The van der Waals surface area contributed by atoms with Gasteiger partial charge >= 0.3 is 5.69 Å². The van der Waals surface area contributed by atoms with Crippen LogP contribution in [0.2, 0.25) is 0 Å². The molecule has 1 heterocycles. The van der Waals surface area contributed by atoms with Crippen LogP contribution in [0.25, 0.3) is 0 Å². The minimum Gasteiger partial charge on any atom is -0.383 e. The van der Waals surface area contributed by atoms with Gasteiger partial charge in [-0.1, -0.05) is 13.8 Å². The number of anilines is 2. The molecule has 0 aliphatic heterocycles. The summed E-state index contributed by atoms with van der Waals surface area (Å²) in [6.45, 7) is 4.38. The molecule has 6 nitrogen and oxygen atoms in total. The minimum absolute atomic E-state index is 0.190. The Balaban J connectivity index is 2.33. The smallest absolute Gasteiger partial charge is 0.329 e. The van der Waals surface area contributed by atoms with E-state index in [2.05, 4.69) is 24.1 Å². The molecule has 0 spiro atoms. The molecular weight excluding hydrogens is 232 g/mol. The van der Waals surface area contributed by atoms with Crippen molar-refractivity contribution in [3.05, 3.63) is 20.8 Å². The van der Waals surface area contributed by atoms with Crippen molar-refractivity contribution in [3.63, 3.8) is 0 Å². The first kappa shape index (κ1) is 12.7. The van der Waals surface area contributed by atoms with E-state index in [1.807, 2.05) is 0 Å². The second-order valence-electron chi connectivity index (χ2n) is 5.24. The fourth-order valence-corrected chi connectivity index (χ4v) is 2.53. The number of nitrogen functional groups attached to an aromatic ring is 1. The van der Waals surface area contributed by atoms with Gasteiger partial charge in [-0.2, -0.15) is 0 Å². The molecule has 0 bridgehead atoms. The lowest BCUT2D eigenvalue weighted by molar-refractivity contribution is 0.435. The summed E-state index contributed by atoms with van der Waals surface area (Å²) in [5, 5.41) is 3.20. The molecule has 1 aliphatic carbocycles. The van der Waals surface area contributed by atoms with E-state index < -0.39 is 11.2 Å². The van der Waals surface area contributed by atoms with Crippen molar-refractivity contribution < 1.29 is 0 Å². The number of H-pyrrole nitrogens is 1. The molecule has 1 fully saturated rings. The Kier molecular flexibility index (Phi) is 3.19. The Morgan fingerprint density at radius 3 is 2.56 bits per heavy atom. The highest BCUT2D eigenvalue weighted by Crippen LogP contribution is 2.33. The normalized spacial score (nSPS) is 27.4. The zero-order valence-electron chi connectivity index (χ0n) is 11.0. The molecule has 18 heavy (non-hydrogen) atoms. The molecule has 6 heteroatoms. The lowest BCUT2D eigenvalue weighted by Crippen LogP contribution is -2.35. The standard InChI is InChI=1S/C12H20N4O2/c1-6-4-5-8(7(6)2)14-9-10(13)16(3)12(18)15-11(9)17/h6-8,14H,4-5,13H2,1-3H3,(H,15,17,18). The van der Waals surface area contributed by atoms with Crippen molar-refractivity contribution in [1.82, 2.24) is 9.55 Å². The van der Waals surface area contributed by atoms with Crippen LogP contribution in [0.5, 0.6) is 0 Å². The zero-order valence-corrected chi connectivity index (χ0v) is 11.0. The number of hydrogen-bond acceptors (Lipinski definition) is 4. The predicted octanol–water partition coefficient (Wildman–Crippen LogP) is 0.502. The Morgan fingerprint density at radius 1 is 1.33 bits per heavy atom.